The summed E-state index contributed by atoms with van der Waals surface area (Å²) in [6.45, 7) is 4.68. The molecule has 0 aromatic heterocycles. The van der Waals surface area contributed by atoms with Crippen LogP contribution in [0, 0.1) is 5.92 Å². The Kier molecular flexibility index (Phi) is 6.44. The first-order valence-corrected chi connectivity index (χ1v) is 6.66. The Hall–Kier alpha value is -1.35. The van der Waals surface area contributed by atoms with Gasteiger partial charge in [-0.25, -0.2) is 0 Å². The monoisotopic (exact) mass is 249 g/mol. The molecule has 0 fully saturated rings. The summed E-state index contributed by atoms with van der Waals surface area (Å²) in [5.41, 5.74) is 1.19. The van der Waals surface area contributed by atoms with Gasteiger partial charge in [-0.05, 0) is 18.9 Å². The Morgan fingerprint density at radius 1 is 1.33 bits per heavy atom. The molecular formula is C15H23NO2. The summed E-state index contributed by atoms with van der Waals surface area (Å²) in [6, 6.07) is 10.3. The quantitative estimate of drug-likeness (QED) is 0.743. The van der Waals surface area contributed by atoms with Crippen molar-refractivity contribution in [2.75, 3.05) is 6.54 Å². The molecule has 3 nitrogen and oxygen atoms in total. The first-order valence-electron chi connectivity index (χ1n) is 6.66. The smallest absolute Gasteiger partial charge is 0.307 e. The molecule has 0 amide bonds. The summed E-state index contributed by atoms with van der Waals surface area (Å²) >= 11 is 0. The van der Waals surface area contributed by atoms with E-state index in [4.69, 9.17) is 5.11 Å². The highest BCUT2D eigenvalue weighted by Gasteiger charge is 2.17. The van der Waals surface area contributed by atoms with Gasteiger partial charge in [-0.3, -0.25) is 4.79 Å². The van der Waals surface area contributed by atoms with Gasteiger partial charge in [0.15, 0.2) is 0 Å². The Morgan fingerprint density at radius 3 is 2.56 bits per heavy atom. The van der Waals surface area contributed by atoms with Gasteiger partial charge in [0.05, 0.1) is 5.92 Å². The van der Waals surface area contributed by atoms with Crippen molar-refractivity contribution in [3.63, 3.8) is 0 Å². The van der Waals surface area contributed by atoms with Gasteiger partial charge in [-0.2, -0.15) is 0 Å². The van der Waals surface area contributed by atoms with E-state index < -0.39 is 5.97 Å². The number of carbonyl (C=O) groups is 1. The van der Waals surface area contributed by atoms with Gasteiger partial charge in [-0.15, -0.1) is 0 Å². The van der Waals surface area contributed by atoms with Crippen molar-refractivity contribution >= 4 is 5.97 Å². The second-order valence-electron chi connectivity index (χ2n) is 4.72. The first kappa shape index (κ1) is 14.7. The van der Waals surface area contributed by atoms with Gasteiger partial charge in [0.2, 0.25) is 0 Å². The molecule has 0 aliphatic heterocycles. The third kappa shape index (κ3) is 4.88. The summed E-state index contributed by atoms with van der Waals surface area (Å²) in [5, 5.41) is 12.5. The number of hydrogen-bond acceptors (Lipinski definition) is 2. The molecule has 0 saturated heterocycles. The second-order valence-corrected chi connectivity index (χ2v) is 4.72. The zero-order valence-electron chi connectivity index (χ0n) is 11.2. The van der Waals surface area contributed by atoms with E-state index in [9.17, 15) is 4.79 Å². The highest BCUT2D eigenvalue weighted by Crippen LogP contribution is 2.13. The number of benzene rings is 1. The third-order valence-electron chi connectivity index (χ3n) is 3.23. The SMILES string of the molecule is CCCCC(CN[C@@H](C)c1ccccc1)C(=O)O. The topological polar surface area (TPSA) is 49.3 Å². The van der Waals surface area contributed by atoms with Gasteiger partial charge in [0.25, 0.3) is 0 Å². The van der Waals surface area contributed by atoms with Crippen LogP contribution in [0.1, 0.15) is 44.7 Å². The van der Waals surface area contributed by atoms with Crippen LogP contribution in [0.2, 0.25) is 0 Å². The van der Waals surface area contributed by atoms with E-state index in [-0.39, 0.29) is 12.0 Å². The molecular weight excluding hydrogens is 226 g/mol. The Balaban J connectivity index is 2.44. The van der Waals surface area contributed by atoms with Crippen LogP contribution < -0.4 is 5.32 Å². The number of unbranched alkanes of at least 4 members (excludes halogenated alkanes) is 1. The number of hydrogen-bond donors (Lipinski definition) is 2. The molecule has 100 valence electrons. The van der Waals surface area contributed by atoms with Crippen molar-refractivity contribution in [2.24, 2.45) is 5.92 Å². The van der Waals surface area contributed by atoms with Crippen LogP contribution >= 0.6 is 0 Å². The van der Waals surface area contributed by atoms with Crippen molar-refractivity contribution in [1.82, 2.24) is 5.32 Å². The summed E-state index contributed by atoms with van der Waals surface area (Å²) in [5.74, 6) is -0.979. The predicted octanol–water partition coefficient (Wildman–Crippen LogP) is 3.23. The molecule has 0 bridgehead atoms. The van der Waals surface area contributed by atoms with E-state index in [1.54, 1.807) is 0 Å². The van der Waals surface area contributed by atoms with Crippen LogP contribution in [0.3, 0.4) is 0 Å². The number of rotatable bonds is 8. The molecule has 0 spiro atoms. The van der Waals surface area contributed by atoms with Crippen LogP contribution in [-0.2, 0) is 4.79 Å². The standard InChI is InChI=1S/C15H23NO2/c1-3-4-8-14(15(17)18)11-16-12(2)13-9-6-5-7-10-13/h5-7,9-10,12,14,16H,3-4,8,11H2,1-2H3,(H,17,18)/t12-,14?/m0/s1. The highest BCUT2D eigenvalue weighted by molar-refractivity contribution is 5.70. The molecule has 0 aliphatic carbocycles. The maximum absolute atomic E-state index is 11.1. The number of carboxylic acids is 1. The Bertz CT molecular complexity index is 351. The van der Waals surface area contributed by atoms with Gasteiger partial charge in [-0.1, -0.05) is 50.1 Å². The van der Waals surface area contributed by atoms with Crippen LogP contribution in [0.5, 0.6) is 0 Å². The second kappa shape index (κ2) is 7.88. The predicted molar refractivity (Wildman–Crippen MR) is 73.5 cm³/mol. The average Bonchev–Trinajstić information content (AvgIpc) is 2.39. The van der Waals surface area contributed by atoms with E-state index in [1.807, 2.05) is 18.2 Å². The Morgan fingerprint density at radius 2 is 2.00 bits per heavy atom. The molecule has 2 N–H and O–H groups in total. The summed E-state index contributed by atoms with van der Waals surface area (Å²) in [4.78, 5) is 11.1. The van der Waals surface area contributed by atoms with Gasteiger partial charge in [0.1, 0.15) is 0 Å². The largest absolute Gasteiger partial charge is 0.481 e. The van der Waals surface area contributed by atoms with Gasteiger partial charge in [0, 0.05) is 12.6 Å². The van der Waals surface area contributed by atoms with E-state index in [2.05, 4.69) is 31.3 Å². The zero-order valence-corrected chi connectivity index (χ0v) is 11.2. The molecule has 0 aliphatic rings. The van der Waals surface area contributed by atoms with Gasteiger partial charge < -0.3 is 10.4 Å². The lowest BCUT2D eigenvalue weighted by Gasteiger charge is -2.18. The number of nitrogens with one attached hydrogen (secondary N) is 1. The zero-order chi connectivity index (χ0) is 13.4. The van der Waals surface area contributed by atoms with E-state index in [0.29, 0.717) is 6.54 Å². The molecule has 2 atom stereocenters. The van der Waals surface area contributed by atoms with Crippen LogP contribution in [0.15, 0.2) is 30.3 Å². The van der Waals surface area contributed by atoms with E-state index in [1.165, 1.54) is 5.56 Å². The average molecular weight is 249 g/mol. The number of aliphatic carboxylic acids is 1. The molecule has 1 unspecified atom stereocenters. The highest BCUT2D eigenvalue weighted by atomic mass is 16.4. The molecule has 3 heteroatoms. The minimum Gasteiger partial charge on any atom is -0.481 e. The lowest BCUT2D eigenvalue weighted by Crippen LogP contribution is -2.30. The molecule has 0 radical (unpaired) electrons. The fraction of sp³-hybridized carbons (Fsp3) is 0.533. The lowest BCUT2D eigenvalue weighted by atomic mass is 10.0. The summed E-state index contributed by atoms with van der Waals surface area (Å²) < 4.78 is 0. The van der Waals surface area contributed by atoms with Crippen molar-refractivity contribution in [3.8, 4) is 0 Å². The minimum atomic E-state index is -0.698. The number of carboxylic acid groups (broad SMARTS) is 1. The Labute approximate surface area is 109 Å². The van der Waals surface area contributed by atoms with Crippen molar-refractivity contribution in [1.29, 1.82) is 0 Å². The molecule has 1 rings (SSSR count). The van der Waals surface area contributed by atoms with Gasteiger partial charge >= 0.3 is 5.97 Å². The molecule has 0 heterocycles. The van der Waals surface area contributed by atoms with Crippen molar-refractivity contribution in [3.05, 3.63) is 35.9 Å². The van der Waals surface area contributed by atoms with Crippen LogP contribution in [0.4, 0.5) is 0 Å². The normalized spacial score (nSPS) is 14.1. The van der Waals surface area contributed by atoms with Crippen LogP contribution in [0.25, 0.3) is 0 Å². The summed E-state index contributed by atoms with van der Waals surface area (Å²) in [6.07, 6.45) is 2.76. The fourth-order valence-corrected chi connectivity index (χ4v) is 1.94. The summed E-state index contributed by atoms with van der Waals surface area (Å²) in [7, 11) is 0. The van der Waals surface area contributed by atoms with Crippen LogP contribution in [-0.4, -0.2) is 17.6 Å². The molecule has 1 aromatic carbocycles. The van der Waals surface area contributed by atoms with E-state index >= 15 is 0 Å². The maximum Gasteiger partial charge on any atom is 0.307 e. The van der Waals surface area contributed by atoms with Crippen molar-refractivity contribution < 1.29 is 9.90 Å². The molecule has 18 heavy (non-hydrogen) atoms. The van der Waals surface area contributed by atoms with E-state index in [0.717, 1.165) is 19.3 Å². The third-order valence-corrected chi connectivity index (χ3v) is 3.23. The maximum atomic E-state index is 11.1. The first-order chi connectivity index (χ1) is 8.65. The minimum absolute atomic E-state index is 0.190. The lowest BCUT2D eigenvalue weighted by molar-refractivity contribution is -0.141. The molecule has 0 saturated carbocycles. The van der Waals surface area contributed by atoms with Crippen molar-refractivity contribution in [2.45, 2.75) is 39.2 Å². The molecule has 1 aromatic rings. The fourth-order valence-electron chi connectivity index (χ4n) is 1.94.